The number of rotatable bonds is 4. The highest BCUT2D eigenvalue weighted by Gasteiger charge is 2.37. The van der Waals surface area contributed by atoms with Gasteiger partial charge in [-0.1, -0.05) is 35.9 Å². The van der Waals surface area contributed by atoms with Crippen LogP contribution in [-0.4, -0.2) is 53.1 Å². The van der Waals surface area contributed by atoms with Crippen LogP contribution in [-0.2, 0) is 15.9 Å². The normalized spacial score (nSPS) is 20.5. The van der Waals surface area contributed by atoms with Gasteiger partial charge in [-0.25, -0.2) is 14.5 Å². The highest BCUT2D eigenvalue weighted by atomic mass is 35.5. The minimum atomic E-state index is -0.395. The summed E-state index contributed by atoms with van der Waals surface area (Å²) in [6.45, 7) is 0.782. The molecular weight excluding hydrogens is 420 g/mol. The molecule has 31 heavy (non-hydrogen) atoms. The first-order valence-electron chi connectivity index (χ1n) is 9.96. The van der Waals surface area contributed by atoms with E-state index in [1.807, 2.05) is 24.3 Å². The van der Waals surface area contributed by atoms with Gasteiger partial charge >= 0.3 is 6.09 Å². The second-order valence-corrected chi connectivity index (χ2v) is 7.87. The molecule has 0 bridgehead atoms. The first kappa shape index (κ1) is 19.8. The number of hydrogen-bond acceptors (Lipinski definition) is 6. The highest BCUT2D eigenvalue weighted by Crippen LogP contribution is 2.35. The number of carbonyl (C=O) groups excluding carboxylic acids is 1. The van der Waals surface area contributed by atoms with Gasteiger partial charge in [-0.3, -0.25) is 4.90 Å². The summed E-state index contributed by atoms with van der Waals surface area (Å²) in [6, 6.07) is 13.1. The number of nitrogens with zero attached hydrogens (tertiary/aromatic N) is 4. The van der Waals surface area contributed by atoms with Crippen LogP contribution < -0.4 is 4.74 Å². The molecule has 1 amide bonds. The number of halogens is 1. The lowest BCUT2D eigenvalue weighted by Gasteiger charge is -2.23. The number of methoxy groups -OCH3 is 1. The van der Waals surface area contributed by atoms with Crippen molar-refractivity contribution in [3.63, 3.8) is 0 Å². The van der Waals surface area contributed by atoms with Crippen LogP contribution in [0.25, 0.3) is 5.69 Å². The Labute approximate surface area is 184 Å². The summed E-state index contributed by atoms with van der Waals surface area (Å²) in [6.07, 6.45) is 0.0669. The number of carbonyl (C=O) groups is 1. The second kappa shape index (κ2) is 7.86. The van der Waals surface area contributed by atoms with Crippen LogP contribution in [0.1, 0.15) is 34.9 Å². The molecule has 3 aromatic rings. The lowest BCUT2D eigenvalue weighted by molar-refractivity contribution is 0.0640. The van der Waals surface area contributed by atoms with Gasteiger partial charge in [-0.15, -0.1) is 5.10 Å². The summed E-state index contributed by atoms with van der Waals surface area (Å²) >= 11 is 6.37. The molecule has 9 heteroatoms. The summed E-state index contributed by atoms with van der Waals surface area (Å²) in [7, 11) is 3.25. The number of ether oxygens (including phenoxy) is 3. The van der Waals surface area contributed by atoms with Gasteiger partial charge in [0.25, 0.3) is 0 Å². The first-order valence-corrected chi connectivity index (χ1v) is 10.3. The Morgan fingerprint density at radius 2 is 2.06 bits per heavy atom. The molecule has 1 saturated heterocycles. The van der Waals surface area contributed by atoms with Gasteiger partial charge in [-0.05, 0) is 35.7 Å². The zero-order valence-electron chi connectivity index (χ0n) is 17.1. The van der Waals surface area contributed by atoms with Gasteiger partial charge < -0.3 is 14.2 Å². The number of hydrogen-bond donors (Lipinski definition) is 0. The summed E-state index contributed by atoms with van der Waals surface area (Å²) < 4.78 is 18.3. The van der Waals surface area contributed by atoms with Crippen LogP contribution in [0.15, 0.2) is 42.5 Å². The van der Waals surface area contributed by atoms with Crippen LogP contribution in [0.2, 0.25) is 5.02 Å². The van der Waals surface area contributed by atoms with Crippen LogP contribution >= 0.6 is 11.6 Å². The van der Waals surface area contributed by atoms with Crippen molar-refractivity contribution in [3.8, 4) is 11.4 Å². The molecule has 0 radical (unpaired) electrons. The molecule has 160 valence electrons. The second-order valence-electron chi connectivity index (χ2n) is 7.46. The SMILES string of the molecule is COc1ccc(-n2nc(C3OCCc4ccccc43)nc2C2COC(=O)N2C)cc1Cl. The molecule has 2 unspecified atom stereocenters. The van der Waals surface area contributed by atoms with Gasteiger partial charge in [0.05, 0.1) is 24.4 Å². The molecule has 1 aromatic heterocycles. The molecule has 0 aliphatic carbocycles. The van der Waals surface area contributed by atoms with Crippen LogP contribution in [0.3, 0.4) is 0 Å². The summed E-state index contributed by atoms with van der Waals surface area (Å²) in [5, 5.41) is 5.24. The van der Waals surface area contributed by atoms with E-state index in [1.54, 1.807) is 31.0 Å². The topological polar surface area (TPSA) is 78.7 Å². The Morgan fingerprint density at radius 1 is 1.23 bits per heavy atom. The maximum Gasteiger partial charge on any atom is 0.410 e. The third kappa shape index (κ3) is 3.41. The molecule has 2 aromatic carbocycles. The maximum absolute atomic E-state index is 12.0. The summed E-state index contributed by atoms with van der Waals surface area (Å²) in [4.78, 5) is 18.3. The lowest BCUT2D eigenvalue weighted by Crippen LogP contribution is -2.25. The van der Waals surface area contributed by atoms with Crippen molar-refractivity contribution in [1.82, 2.24) is 19.7 Å². The van der Waals surface area contributed by atoms with Crippen molar-refractivity contribution < 1.29 is 19.0 Å². The molecule has 0 N–H and O–H groups in total. The summed E-state index contributed by atoms with van der Waals surface area (Å²) in [5.41, 5.74) is 2.98. The molecule has 0 saturated carbocycles. The highest BCUT2D eigenvalue weighted by molar-refractivity contribution is 6.32. The minimum absolute atomic E-state index is 0.194. The van der Waals surface area contributed by atoms with Gasteiger partial charge in [0.2, 0.25) is 0 Å². The number of aromatic nitrogens is 3. The average Bonchev–Trinajstić information content (AvgIpc) is 3.37. The molecule has 2 aliphatic rings. The van der Waals surface area contributed by atoms with E-state index in [0.717, 1.165) is 12.0 Å². The fraction of sp³-hybridized carbons (Fsp3) is 0.318. The van der Waals surface area contributed by atoms with Gasteiger partial charge in [0.1, 0.15) is 24.5 Å². The molecule has 8 nitrogen and oxygen atoms in total. The zero-order chi connectivity index (χ0) is 21.5. The van der Waals surface area contributed by atoms with Crippen molar-refractivity contribution in [2.24, 2.45) is 0 Å². The van der Waals surface area contributed by atoms with Crippen LogP contribution in [0.4, 0.5) is 4.79 Å². The van der Waals surface area contributed by atoms with Crippen molar-refractivity contribution in [2.75, 3.05) is 27.4 Å². The molecule has 2 aliphatic heterocycles. The third-order valence-electron chi connectivity index (χ3n) is 5.67. The number of cyclic esters (lactones) is 1. The number of amides is 1. The Morgan fingerprint density at radius 3 is 2.81 bits per heavy atom. The van der Waals surface area contributed by atoms with E-state index in [0.29, 0.717) is 34.7 Å². The predicted octanol–water partition coefficient (Wildman–Crippen LogP) is 3.71. The fourth-order valence-electron chi connectivity index (χ4n) is 3.99. The van der Waals surface area contributed by atoms with Crippen molar-refractivity contribution in [1.29, 1.82) is 0 Å². The Bertz CT molecular complexity index is 1150. The Hall–Kier alpha value is -3.10. The molecule has 0 spiro atoms. The van der Waals surface area contributed by atoms with E-state index in [-0.39, 0.29) is 18.8 Å². The van der Waals surface area contributed by atoms with Crippen LogP contribution in [0.5, 0.6) is 5.75 Å². The summed E-state index contributed by atoms with van der Waals surface area (Å²) in [5.74, 6) is 1.67. The fourth-order valence-corrected chi connectivity index (χ4v) is 4.24. The number of likely N-dealkylation sites (N-methyl/N-ethyl adjacent to an activating group) is 1. The zero-order valence-corrected chi connectivity index (χ0v) is 17.9. The largest absolute Gasteiger partial charge is 0.495 e. The lowest BCUT2D eigenvalue weighted by atomic mass is 9.97. The average molecular weight is 441 g/mol. The van der Waals surface area contributed by atoms with E-state index < -0.39 is 6.09 Å². The molecule has 1 fully saturated rings. The molecule has 2 atom stereocenters. The first-order chi connectivity index (χ1) is 15.1. The maximum atomic E-state index is 12.0. The van der Waals surface area contributed by atoms with E-state index in [2.05, 4.69) is 6.07 Å². The Kier molecular flexibility index (Phi) is 5.03. The van der Waals surface area contributed by atoms with Crippen molar-refractivity contribution in [3.05, 3.63) is 70.3 Å². The number of benzene rings is 2. The van der Waals surface area contributed by atoms with E-state index in [4.69, 9.17) is 35.9 Å². The smallest absolute Gasteiger partial charge is 0.410 e. The van der Waals surface area contributed by atoms with Gasteiger partial charge in [0, 0.05) is 7.05 Å². The quantitative estimate of drug-likeness (QED) is 0.615. The monoisotopic (exact) mass is 440 g/mol. The van der Waals surface area contributed by atoms with E-state index >= 15 is 0 Å². The molecular formula is C22H21ClN4O4. The van der Waals surface area contributed by atoms with Crippen LogP contribution in [0, 0.1) is 0 Å². The Balaban J connectivity index is 1.63. The minimum Gasteiger partial charge on any atom is -0.495 e. The molecule has 5 rings (SSSR count). The van der Waals surface area contributed by atoms with Crippen molar-refractivity contribution >= 4 is 17.7 Å². The van der Waals surface area contributed by atoms with Crippen molar-refractivity contribution in [2.45, 2.75) is 18.6 Å². The molecule has 3 heterocycles. The van der Waals surface area contributed by atoms with Gasteiger partial charge in [-0.2, -0.15) is 0 Å². The van der Waals surface area contributed by atoms with E-state index in [9.17, 15) is 4.79 Å². The van der Waals surface area contributed by atoms with E-state index in [1.165, 1.54) is 10.5 Å². The number of fused-ring (bicyclic) bond motifs is 1. The predicted molar refractivity (Wildman–Crippen MR) is 113 cm³/mol. The standard InChI is InChI=1S/C22H21ClN4O4/c1-26-17(12-31-22(26)28)21-24-20(19-15-6-4-3-5-13(15)9-10-30-19)25-27(21)14-7-8-18(29-2)16(23)11-14/h3-8,11,17,19H,9-10,12H2,1-2H3. The van der Waals surface area contributed by atoms with Gasteiger partial charge in [0.15, 0.2) is 11.6 Å². The third-order valence-corrected chi connectivity index (χ3v) is 5.97.